The summed E-state index contributed by atoms with van der Waals surface area (Å²) < 4.78 is 5.07. The van der Waals surface area contributed by atoms with Gasteiger partial charge in [0.2, 0.25) is 0 Å². The van der Waals surface area contributed by atoms with Crippen LogP contribution in [0.1, 0.15) is 49.3 Å². The molecule has 5 heteroatoms. The van der Waals surface area contributed by atoms with Crippen LogP contribution in [-0.2, 0) is 11.2 Å². The fraction of sp³-hybridized carbons (Fsp3) is 0.294. The number of nitrogens with one attached hydrogen (secondary N) is 1. The fourth-order valence-electron chi connectivity index (χ4n) is 2.97. The number of thiophene rings is 1. The first-order valence-electron chi connectivity index (χ1n) is 7.17. The molecule has 0 saturated heterocycles. The van der Waals surface area contributed by atoms with E-state index in [1.54, 1.807) is 18.3 Å². The Morgan fingerprint density at radius 2 is 2.36 bits per heavy atom. The summed E-state index contributed by atoms with van der Waals surface area (Å²) in [4.78, 5) is 28.8. The summed E-state index contributed by atoms with van der Waals surface area (Å²) in [6.07, 6.45) is 2.76. The number of aromatic nitrogens is 1. The Labute approximate surface area is 132 Å². The van der Waals surface area contributed by atoms with Crippen molar-refractivity contribution in [1.29, 1.82) is 0 Å². The number of H-pyrrole nitrogens is 1. The van der Waals surface area contributed by atoms with Gasteiger partial charge in [-0.15, -0.1) is 11.3 Å². The Morgan fingerprint density at radius 1 is 1.55 bits per heavy atom. The summed E-state index contributed by atoms with van der Waals surface area (Å²) in [5.41, 5.74) is 2.58. The molecule has 1 aliphatic carbocycles. The minimum Gasteiger partial charge on any atom is -0.457 e. The summed E-state index contributed by atoms with van der Waals surface area (Å²) >= 11 is 1.67. The standard InChI is InChI=1S/C17H17NO3S/c1-3-6-21-17(20)16-10(2)15-12(18-16)8-11(9-13(15)19)14-5-4-7-22-14/h3-5,7,11,18H,1,6,8-9H2,2H3/t11-/m0/s1. The molecule has 3 rings (SSSR count). The molecular formula is C17H17NO3S. The first-order valence-corrected chi connectivity index (χ1v) is 8.05. The number of ether oxygens (including phenoxy) is 1. The molecule has 0 unspecified atom stereocenters. The van der Waals surface area contributed by atoms with Gasteiger partial charge in [-0.05, 0) is 30.4 Å². The molecule has 1 atom stereocenters. The number of esters is 1. The monoisotopic (exact) mass is 315 g/mol. The number of carbonyl (C=O) groups is 2. The minimum atomic E-state index is -0.438. The van der Waals surface area contributed by atoms with Crippen LogP contribution in [0.15, 0.2) is 30.2 Å². The van der Waals surface area contributed by atoms with Gasteiger partial charge in [0.15, 0.2) is 5.78 Å². The van der Waals surface area contributed by atoms with Crippen LogP contribution in [0, 0.1) is 6.92 Å². The summed E-state index contributed by atoms with van der Waals surface area (Å²) in [5, 5.41) is 2.02. The molecule has 0 fully saturated rings. The highest BCUT2D eigenvalue weighted by Gasteiger charge is 2.32. The second-order valence-electron chi connectivity index (χ2n) is 5.41. The maximum Gasteiger partial charge on any atom is 0.355 e. The van der Waals surface area contributed by atoms with Crippen LogP contribution in [0.25, 0.3) is 0 Å². The van der Waals surface area contributed by atoms with E-state index in [4.69, 9.17) is 4.74 Å². The molecule has 0 spiro atoms. The van der Waals surface area contributed by atoms with Crippen LogP contribution in [0.5, 0.6) is 0 Å². The zero-order chi connectivity index (χ0) is 15.7. The predicted octanol–water partition coefficient (Wildman–Crippen LogP) is 3.64. The van der Waals surface area contributed by atoms with Gasteiger partial charge in [0, 0.05) is 28.5 Å². The van der Waals surface area contributed by atoms with E-state index in [1.165, 1.54) is 11.0 Å². The first kappa shape index (κ1) is 14.8. The first-order chi connectivity index (χ1) is 10.6. The molecular weight excluding hydrogens is 298 g/mol. The molecule has 0 radical (unpaired) electrons. The van der Waals surface area contributed by atoms with Crippen LogP contribution in [0.3, 0.4) is 0 Å². The van der Waals surface area contributed by atoms with E-state index < -0.39 is 5.97 Å². The normalized spacial score (nSPS) is 17.1. The minimum absolute atomic E-state index is 0.0937. The molecule has 1 N–H and O–H groups in total. The number of aromatic amines is 1. The van der Waals surface area contributed by atoms with Crippen molar-refractivity contribution in [2.45, 2.75) is 25.7 Å². The average molecular weight is 315 g/mol. The summed E-state index contributed by atoms with van der Waals surface area (Å²) in [5.74, 6) is -0.154. The number of Topliss-reactive ketones (excluding diaryl/α,β-unsaturated/α-hetero) is 1. The van der Waals surface area contributed by atoms with E-state index in [1.807, 2.05) is 11.4 Å². The Morgan fingerprint density at radius 3 is 3.05 bits per heavy atom. The molecule has 2 aromatic rings. The van der Waals surface area contributed by atoms with Crippen molar-refractivity contribution >= 4 is 23.1 Å². The molecule has 1 aliphatic rings. The number of carbonyl (C=O) groups excluding carboxylic acids is 2. The Balaban J connectivity index is 1.92. The zero-order valence-corrected chi connectivity index (χ0v) is 13.2. The molecule has 2 aromatic heterocycles. The molecule has 2 heterocycles. The Kier molecular flexibility index (Phi) is 3.98. The highest BCUT2D eigenvalue weighted by atomic mass is 32.1. The van der Waals surface area contributed by atoms with E-state index in [0.29, 0.717) is 23.2 Å². The molecule has 0 saturated carbocycles. The summed E-state index contributed by atoms with van der Waals surface area (Å²) in [6.45, 7) is 5.48. The molecule has 0 aliphatic heterocycles. The van der Waals surface area contributed by atoms with Gasteiger partial charge < -0.3 is 9.72 Å². The van der Waals surface area contributed by atoms with E-state index in [0.717, 1.165) is 12.1 Å². The van der Waals surface area contributed by atoms with Gasteiger partial charge >= 0.3 is 5.97 Å². The van der Waals surface area contributed by atoms with E-state index >= 15 is 0 Å². The molecule has 114 valence electrons. The highest BCUT2D eigenvalue weighted by molar-refractivity contribution is 7.10. The lowest BCUT2D eigenvalue weighted by molar-refractivity contribution is 0.0542. The van der Waals surface area contributed by atoms with E-state index in [-0.39, 0.29) is 18.3 Å². The van der Waals surface area contributed by atoms with Crippen LogP contribution >= 0.6 is 11.3 Å². The Hall–Kier alpha value is -2.14. The zero-order valence-electron chi connectivity index (χ0n) is 12.3. The van der Waals surface area contributed by atoms with Crippen LogP contribution in [0.2, 0.25) is 0 Å². The topological polar surface area (TPSA) is 59.2 Å². The van der Waals surface area contributed by atoms with Crippen molar-refractivity contribution in [3.8, 4) is 0 Å². The maximum atomic E-state index is 12.5. The largest absolute Gasteiger partial charge is 0.457 e. The molecule has 0 aromatic carbocycles. The number of hydrogen-bond acceptors (Lipinski definition) is 4. The fourth-order valence-corrected chi connectivity index (χ4v) is 3.80. The van der Waals surface area contributed by atoms with Gasteiger partial charge in [-0.25, -0.2) is 4.79 Å². The lowest BCUT2D eigenvalue weighted by Gasteiger charge is -2.20. The van der Waals surface area contributed by atoms with Crippen LogP contribution < -0.4 is 0 Å². The second kappa shape index (κ2) is 5.93. The van der Waals surface area contributed by atoms with Gasteiger partial charge in [-0.3, -0.25) is 4.79 Å². The van der Waals surface area contributed by atoms with Crippen LogP contribution in [-0.4, -0.2) is 23.3 Å². The van der Waals surface area contributed by atoms with E-state index in [2.05, 4.69) is 17.6 Å². The molecule has 0 bridgehead atoms. The van der Waals surface area contributed by atoms with E-state index in [9.17, 15) is 9.59 Å². The van der Waals surface area contributed by atoms with Gasteiger partial charge in [0.1, 0.15) is 12.3 Å². The maximum absolute atomic E-state index is 12.5. The van der Waals surface area contributed by atoms with Crippen molar-refractivity contribution in [3.05, 3.63) is 57.6 Å². The molecule has 0 amide bonds. The Bertz CT molecular complexity index is 727. The van der Waals surface area contributed by atoms with Gasteiger partial charge in [-0.2, -0.15) is 0 Å². The van der Waals surface area contributed by atoms with Gasteiger partial charge in [0.25, 0.3) is 0 Å². The highest BCUT2D eigenvalue weighted by Crippen LogP contribution is 2.36. The smallest absolute Gasteiger partial charge is 0.355 e. The number of hydrogen-bond donors (Lipinski definition) is 1. The van der Waals surface area contributed by atoms with Crippen molar-refractivity contribution < 1.29 is 14.3 Å². The quantitative estimate of drug-likeness (QED) is 0.692. The third-order valence-corrected chi connectivity index (χ3v) is 5.01. The number of rotatable bonds is 4. The second-order valence-corrected chi connectivity index (χ2v) is 6.39. The third-order valence-electron chi connectivity index (χ3n) is 3.97. The van der Waals surface area contributed by atoms with Crippen molar-refractivity contribution in [2.75, 3.05) is 6.61 Å². The number of fused-ring (bicyclic) bond motifs is 1. The SMILES string of the molecule is C=CCOC(=O)c1[nH]c2c(c1C)C(=O)C[C@@H](c1cccs1)C2. The lowest BCUT2D eigenvalue weighted by atomic mass is 9.84. The van der Waals surface area contributed by atoms with Crippen molar-refractivity contribution in [1.82, 2.24) is 4.98 Å². The predicted molar refractivity (Wildman–Crippen MR) is 85.7 cm³/mol. The average Bonchev–Trinajstić information content (AvgIpc) is 3.13. The van der Waals surface area contributed by atoms with Gasteiger partial charge in [-0.1, -0.05) is 18.7 Å². The number of ketones is 1. The lowest BCUT2D eigenvalue weighted by Crippen LogP contribution is -2.17. The van der Waals surface area contributed by atoms with Crippen LogP contribution in [0.4, 0.5) is 0 Å². The molecule has 4 nitrogen and oxygen atoms in total. The van der Waals surface area contributed by atoms with Gasteiger partial charge in [0.05, 0.1) is 0 Å². The molecule has 22 heavy (non-hydrogen) atoms. The third kappa shape index (κ3) is 2.52. The van der Waals surface area contributed by atoms with Crippen molar-refractivity contribution in [3.63, 3.8) is 0 Å². The van der Waals surface area contributed by atoms with Crippen molar-refractivity contribution in [2.24, 2.45) is 0 Å². The summed E-state index contributed by atoms with van der Waals surface area (Å²) in [6, 6.07) is 4.06. The summed E-state index contributed by atoms with van der Waals surface area (Å²) in [7, 11) is 0.